The van der Waals surface area contributed by atoms with Crippen LogP contribution in [0.3, 0.4) is 0 Å². The quantitative estimate of drug-likeness (QED) is 0.385. The van der Waals surface area contributed by atoms with E-state index in [4.69, 9.17) is 21.1 Å². The summed E-state index contributed by atoms with van der Waals surface area (Å²) in [6.45, 7) is 4.39. The Morgan fingerprint density at radius 3 is 2.28 bits per heavy atom. The molecule has 11 nitrogen and oxygen atoms in total. The highest BCUT2D eigenvalue weighted by Crippen LogP contribution is 2.25. The standard InChI is InChI=1S/C25H27ClN4O7S2/c1-3-36-21(31)16-30-22-19(26)6-5-7-20(22)38-24(30)27-23(32)17-8-10-18(11-9-17)39(34,35)29-14-12-28(13-15-29)25(33)37-4-2/h5-11H,3-4,12-16H2,1-2H3. The van der Waals surface area contributed by atoms with Crippen molar-refractivity contribution in [3.8, 4) is 0 Å². The number of esters is 1. The van der Waals surface area contributed by atoms with Gasteiger partial charge in [-0.2, -0.15) is 9.30 Å². The Hall–Kier alpha value is -3.26. The van der Waals surface area contributed by atoms with Gasteiger partial charge >= 0.3 is 12.1 Å². The van der Waals surface area contributed by atoms with Crippen molar-refractivity contribution in [2.24, 2.45) is 4.99 Å². The summed E-state index contributed by atoms with van der Waals surface area (Å²) in [5, 5.41) is 0.402. The zero-order valence-corrected chi connectivity index (χ0v) is 23.7. The lowest BCUT2D eigenvalue weighted by molar-refractivity contribution is -0.143. The summed E-state index contributed by atoms with van der Waals surface area (Å²) in [5.41, 5.74) is 0.737. The number of fused-ring (bicyclic) bond motifs is 1. The molecule has 0 bridgehead atoms. The van der Waals surface area contributed by atoms with Crippen molar-refractivity contribution < 1.29 is 32.3 Å². The molecular formula is C25H27ClN4O7S2. The molecule has 0 unspecified atom stereocenters. The average molecular weight is 595 g/mol. The predicted molar refractivity (Wildman–Crippen MR) is 145 cm³/mol. The SMILES string of the molecule is CCOC(=O)Cn1c(=NC(=O)c2ccc(S(=O)(=O)N3CCN(C(=O)OCC)CC3)cc2)sc2cccc(Cl)c21. The van der Waals surface area contributed by atoms with Gasteiger partial charge in [0.1, 0.15) is 6.54 Å². The van der Waals surface area contributed by atoms with Gasteiger partial charge in [-0.05, 0) is 50.2 Å². The van der Waals surface area contributed by atoms with Crippen LogP contribution in [0.2, 0.25) is 5.02 Å². The molecular weight excluding hydrogens is 568 g/mol. The summed E-state index contributed by atoms with van der Waals surface area (Å²) < 4.78 is 39.8. The van der Waals surface area contributed by atoms with Crippen molar-refractivity contribution in [1.82, 2.24) is 13.8 Å². The first kappa shape index (κ1) is 28.7. The lowest BCUT2D eigenvalue weighted by Gasteiger charge is -2.33. The van der Waals surface area contributed by atoms with Crippen LogP contribution in [-0.2, 0) is 30.8 Å². The number of carbonyl (C=O) groups is 3. The number of hydrogen-bond acceptors (Lipinski definition) is 8. The molecule has 39 heavy (non-hydrogen) atoms. The largest absolute Gasteiger partial charge is 0.465 e. The third kappa shape index (κ3) is 6.32. The number of aromatic nitrogens is 1. The van der Waals surface area contributed by atoms with Gasteiger partial charge in [-0.15, -0.1) is 0 Å². The van der Waals surface area contributed by atoms with Crippen molar-refractivity contribution in [3.63, 3.8) is 0 Å². The molecule has 0 atom stereocenters. The van der Waals surface area contributed by atoms with Crippen LogP contribution in [0.5, 0.6) is 0 Å². The summed E-state index contributed by atoms with van der Waals surface area (Å²) >= 11 is 7.57. The number of benzene rings is 2. The molecule has 0 spiro atoms. The molecule has 208 valence electrons. The van der Waals surface area contributed by atoms with E-state index in [1.807, 2.05) is 6.07 Å². The molecule has 4 rings (SSSR count). The molecule has 0 N–H and O–H groups in total. The molecule has 3 aromatic rings. The molecule has 1 aromatic heterocycles. The van der Waals surface area contributed by atoms with Gasteiger partial charge < -0.3 is 18.9 Å². The maximum Gasteiger partial charge on any atom is 0.409 e. The second kappa shape index (κ2) is 12.3. The number of nitrogens with zero attached hydrogens (tertiary/aromatic N) is 4. The second-order valence-corrected chi connectivity index (χ2v) is 11.7. The smallest absolute Gasteiger partial charge is 0.409 e. The first-order chi connectivity index (χ1) is 18.6. The minimum atomic E-state index is -3.83. The Labute approximate surface area is 234 Å². The number of carbonyl (C=O) groups excluding carboxylic acids is 3. The van der Waals surface area contributed by atoms with Gasteiger partial charge in [0.25, 0.3) is 5.91 Å². The zero-order chi connectivity index (χ0) is 28.2. The maximum atomic E-state index is 13.1. The van der Waals surface area contributed by atoms with E-state index in [1.54, 1.807) is 26.0 Å². The summed E-state index contributed by atoms with van der Waals surface area (Å²) in [6.07, 6.45) is -0.467. The fourth-order valence-corrected chi connectivity index (χ4v) is 6.86. The number of para-hydroxylation sites is 1. The number of amides is 2. The number of halogens is 1. The zero-order valence-electron chi connectivity index (χ0n) is 21.3. The normalized spacial score (nSPS) is 14.9. The Bertz CT molecular complexity index is 1560. The summed E-state index contributed by atoms with van der Waals surface area (Å²) in [5.74, 6) is -1.11. The summed E-state index contributed by atoms with van der Waals surface area (Å²) in [7, 11) is -3.83. The van der Waals surface area contributed by atoms with Crippen LogP contribution in [0.1, 0.15) is 24.2 Å². The lowest BCUT2D eigenvalue weighted by atomic mass is 10.2. The highest BCUT2D eigenvalue weighted by molar-refractivity contribution is 7.89. The molecule has 0 radical (unpaired) electrons. The highest BCUT2D eigenvalue weighted by Gasteiger charge is 2.30. The Balaban J connectivity index is 1.56. The monoisotopic (exact) mass is 594 g/mol. The fraction of sp³-hybridized carbons (Fsp3) is 0.360. The van der Waals surface area contributed by atoms with E-state index >= 15 is 0 Å². The second-order valence-electron chi connectivity index (χ2n) is 8.39. The van der Waals surface area contributed by atoms with Crippen LogP contribution in [0.25, 0.3) is 10.2 Å². The summed E-state index contributed by atoms with van der Waals surface area (Å²) in [6, 6.07) is 10.7. The van der Waals surface area contributed by atoms with Crippen LogP contribution in [-0.4, -0.2) is 79.6 Å². The Kier molecular flexibility index (Phi) is 9.05. The average Bonchev–Trinajstić information content (AvgIpc) is 3.26. The minimum absolute atomic E-state index is 0.0228. The van der Waals surface area contributed by atoms with E-state index in [-0.39, 0.29) is 61.2 Å². The van der Waals surface area contributed by atoms with Gasteiger partial charge in [-0.1, -0.05) is 29.0 Å². The molecule has 2 heterocycles. The molecule has 1 aliphatic heterocycles. The number of sulfonamides is 1. The van der Waals surface area contributed by atoms with E-state index < -0.39 is 28.0 Å². The first-order valence-electron chi connectivity index (χ1n) is 12.2. The molecule has 1 aliphatic rings. The van der Waals surface area contributed by atoms with E-state index in [9.17, 15) is 22.8 Å². The van der Waals surface area contributed by atoms with Gasteiger partial charge in [0, 0.05) is 31.7 Å². The molecule has 2 amide bonds. The predicted octanol–water partition coefficient (Wildman–Crippen LogP) is 3.12. The van der Waals surface area contributed by atoms with Gasteiger partial charge in [0.15, 0.2) is 4.80 Å². The minimum Gasteiger partial charge on any atom is -0.465 e. The highest BCUT2D eigenvalue weighted by atomic mass is 35.5. The van der Waals surface area contributed by atoms with Gasteiger partial charge in [0.2, 0.25) is 10.0 Å². The van der Waals surface area contributed by atoms with Crippen molar-refractivity contribution >= 4 is 61.1 Å². The number of rotatable bonds is 7. The Morgan fingerprint density at radius 1 is 0.974 bits per heavy atom. The van der Waals surface area contributed by atoms with Crippen molar-refractivity contribution in [3.05, 3.63) is 57.9 Å². The summed E-state index contributed by atoms with van der Waals surface area (Å²) in [4.78, 5) is 43.1. The molecule has 2 aromatic carbocycles. The van der Waals surface area contributed by atoms with Crippen LogP contribution < -0.4 is 4.80 Å². The van der Waals surface area contributed by atoms with Gasteiger partial charge in [-0.3, -0.25) is 9.59 Å². The number of hydrogen-bond donors (Lipinski definition) is 0. The topological polar surface area (TPSA) is 128 Å². The molecule has 1 fully saturated rings. The van der Waals surface area contributed by atoms with Crippen LogP contribution in [0.15, 0.2) is 52.4 Å². The van der Waals surface area contributed by atoms with Crippen molar-refractivity contribution in [2.75, 3.05) is 39.4 Å². The van der Waals surface area contributed by atoms with Gasteiger partial charge in [0.05, 0.1) is 33.3 Å². The van der Waals surface area contributed by atoms with E-state index in [0.717, 1.165) is 4.70 Å². The molecule has 1 saturated heterocycles. The van der Waals surface area contributed by atoms with Crippen molar-refractivity contribution in [1.29, 1.82) is 0 Å². The lowest BCUT2D eigenvalue weighted by Crippen LogP contribution is -2.50. The number of ether oxygens (including phenoxy) is 2. The van der Waals surface area contributed by atoms with Crippen LogP contribution in [0.4, 0.5) is 4.79 Å². The molecule has 0 saturated carbocycles. The van der Waals surface area contributed by atoms with Crippen LogP contribution >= 0.6 is 22.9 Å². The fourth-order valence-electron chi connectivity index (χ4n) is 4.05. The first-order valence-corrected chi connectivity index (χ1v) is 14.8. The van der Waals surface area contributed by atoms with E-state index in [1.165, 1.54) is 49.4 Å². The molecule has 0 aliphatic carbocycles. The number of thiazole rings is 1. The Morgan fingerprint density at radius 2 is 1.64 bits per heavy atom. The van der Waals surface area contributed by atoms with E-state index in [2.05, 4.69) is 4.99 Å². The van der Waals surface area contributed by atoms with Crippen molar-refractivity contribution in [2.45, 2.75) is 25.3 Å². The number of piperazine rings is 1. The third-order valence-corrected chi connectivity index (χ3v) is 9.21. The van der Waals surface area contributed by atoms with E-state index in [0.29, 0.717) is 10.5 Å². The maximum absolute atomic E-state index is 13.1. The molecule has 14 heteroatoms. The third-order valence-electron chi connectivity index (χ3n) is 5.95. The van der Waals surface area contributed by atoms with Gasteiger partial charge in [-0.25, -0.2) is 13.2 Å². The van der Waals surface area contributed by atoms with Crippen LogP contribution in [0, 0.1) is 0 Å².